The normalized spacial score (nSPS) is 11.3. The van der Waals surface area contributed by atoms with Crippen LogP contribution >= 0.6 is 0 Å². The van der Waals surface area contributed by atoms with E-state index in [1.165, 1.54) is 0 Å². The number of H-pyrrole nitrogens is 1. The fourth-order valence-corrected chi connectivity index (χ4v) is 2.12. The number of carboxylic acid groups (broad SMARTS) is 1. The van der Waals surface area contributed by atoms with Crippen molar-refractivity contribution in [3.8, 4) is 5.95 Å². The fraction of sp³-hybridized carbons (Fsp3) is 0.214. The third-order valence-corrected chi connectivity index (χ3v) is 3.13. The molecule has 3 aromatic rings. The van der Waals surface area contributed by atoms with E-state index >= 15 is 0 Å². The van der Waals surface area contributed by atoms with Crippen molar-refractivity contribution in [2.45, 2.75) is 19.8 Å². The number of aromatic amines is 1. The summed E-state index contributed by atoms with van der Waals surface area (Å²) in [5.74, 6) is -0.368. The van der Waals surface area contributed by atoms with Gasteiger partial charge in [-0.3, -0.25) is 0 Å². The number of hydrogen-bond donors (Lipinski definition) is 2. The van der Waals surface area contributed by atoms with Gasteiger partial charge in [-0.25, -0.2) is 14.5 Å². The second kappa shape index (κ2) is 4.48. The summed E-state index contributed by atoms with van der Waals surface area (Å²) in [4.78, 5) is 18.7. The third kappa shape index (κ3) is 1.95. The number of rotatable bonds is 3. The summed E-state index contributed by atoms with van der Waals surface area (Å²) in [6.45, 7) is 3.98. The van der Waals surface area contributed by atoms with Crippen LogP contribution < -0.4 is 0 Å². The molecule has 0 atom stereocenters. The first-order valence-electron chi connectivity index (χ1n) is 6.34. The largest absolute Gasteiger partial charge is 0.476 e. The molecule has 0 fully saturated rings. The molecular weight excluding hydrogens is 256 g/mol. The van der Waals surface area contributed by atoms with Gasteiger partial charge in [-0.2, -0.15) is 5.10 Å². The van der Waals surface area contributed by atoms with Gasteiger partial charge in [0, 0.05) is 0 Å². The van der Waals surface area contributed by atoms with Gasteiger partial charge in [0.2, 0.25) is 5.95 Å². The number of imidazole rings is 1. The van der Waals surface area contributed by atoms with Crippen molar-refractivity contribution in [2.75, 3.05) is 0 Å². The number of fused-ring (bicyclic) bond motifs is 1. The fourth-order valence-electron chi connectivity index (χ4n) is 2.12. The molecule has 2 heterocycles. The molecule has 102 valence electrons. The number of para-hydroxylation sites is 2. The van der Waals surface area contributed by atoms with Crippen LogP contribution in [0.5, 0.6) is 0 Å². The third-order valence-electron chi connectivity index (χ3n) is 3.13. The standard InChI is InChI=1S/C14H14N4O2/c1-8(2)12-7-11(13(19)20)17-18(12)14-15-9-5-3-4-6-10(9)16-14/h3-8H,1-2H3,(H,15,16)(H,19,20). The molecule has 0 spiro atoms. The van der Waals surface area contributed by atoms with E-state index in [1.54, 1.807) is 10.7 Å². The topological polar surface area (TPSA) is 83.8 Å². The Morgan fingerprint density at radius 3 is 2.75 bits per heavy atom. The Morgan fingerprint density at radius 1 is 1.35 bits per heavy atom. The van der Waals surface area contributed by atoms with E-state index in [0.717, 1.165) is 16.7 Å². The first-order valence-corrected chi connectivity index (χ1v) is 6.34. The number of aromatic nitrogens is 4. The Kier molecular flexibility index (Phi) is 2.78. The van der Waals surface area contributed by atoms with Gasteiger partial charge in [-0.05, 0) is 24.1 Å². The van der Waals surface area contributed by atoms with E-state index in [2.05, 4.69) is 15.1 Å². The maximum absolute atomic E-state index is 11.1. The summed E-state index contributed by atoms with van der Waals surface area (Å²) < 4.78 is 1.56. The Labute approximate surface area is 115 Å². The molecule has 2 N–H and O–H groups in total. The van der Waals surface area contributed by atoms with Crippen LogP contribution in [0.15, 0.2) is 30.3 Å². The van der Waals surface area contributed by atoms with Crippen LogP contribution in [0.2, 0.25) is 0 Å². The maximum Gasteiger partial charge on any atom is 0.356 e. The van der Waals surface area contributed by atoms with Gasteiger partial charge in [0.1, 0.15) is 0 Å². The Bertz CT molecular complexity index is 752. The number of benzene rings is 1. The predicted octanol–water partition coefficient (Wildman–Crippen LogP) is 2.57. The van der Waals surface area contributed by atoms with Crippen LogP contribution in [0.3, 0.4) is 0 Å². The van der Waals surface area contributed by atoms with Crippen molar-refractivity contribution in [1.82, 2.24) is 19.7 Å². The summed E-state index contributed by atoms with van der Waals surface area (Å²) in [5, 5.41) is 13.2. The van der Waals surface area contributed by atoms with E-state index in [4.69, 9.17) is 5.11 Å². The second-order valence-electron chi connectivity index (χ2n) is 4.90. The summed E-state index contributed by atoms with van der Waals surface area (Å²) in [7, 11) is 0. The molecule has 0 aliphatic rings. The lowest BCUT2D eigenvalue weighted by Gasteiger charge is -2.06. The van der Waals surface area contributed by atoms with Crippen LogP contribution in [0.25, 0.3) is 17.0 Å². The molecule has 0 bridgehead atoms. The first kappa shape index (κ1) is 12.4. The van der Waals surface area contributed by atoms with Crippen LogP contribution in [0.1, 0.15) is 35.9 Å². The zero-order valence-electron chi connectivity index (χ0n) is 11.2. The minimum absolute atomic E-state index is 0.0224. The molecule has 0 saturated heterocycles. The summed E-state index contributed by atoms with van der Waals surface area (Å²) in [5.41, 5.74) is 2.55. The van der Waals surface area contributed by atoms with Crippen LogP contribution in [-0.4, -0.2) is 30.8 Å². The van der Waals surface area contributed by atoms with Crippen molar-refractivity contribution < 1.29 is 9.90 Å². The maximum atomic E-state index is 11.1. The van der Waals surface area contributed by atoms with Gasteiger partial charge in [0.05, 0.1) is 16.7 Å². The number of nitrogens with zero attached hydrogens (tertiary/aromatic N) is 3. The first-order chi connectivity index (χ1) is 9.56. The van der Waals surface area contributed by atoms with Crippen LogP contribution in [0, 0.1) is 0 Å². The highest BCUT2D eigenvalue weighted by molar-refractivity contribution is 5.85. The van der Waals surface area contributed by atoms with E-state index in [9.17, 15) is 4.79 Å². The summed E-state index contributed by atoms with van der Waals surface area (Å²) >= 11 is 0. The molecule has 6 heteroatoms. The SMILES string of the molecule is CC(C)c1cc(C(=O)O)nn1-c1nc2ccccc2[nH]1. The van der Waals surface area contributed by atoms with E-state index in [-0.39, 0.29) is 11.6 Å². The molecule has 2 aromatic heterocycles. The molecule has 0 aliphatic carbocycles. The zero-order valence-corrected chi connectivity index (χ0v) is 11.2. The monoisotopic (exact) mass is 270 g/mol. The molecule has 0 saturated carbocycles. The molecule has 3 rings (SSSR count). The minimum atomic E-state index is -1.04. The Morgan fingerprint density at radius 2 is 2.10 bits per heavy atom. The van der Waals surface area contributed by atoms with Crippen LogP contribution in [-0.2, 0) is 0 Å². The van der Waals surface area contributed by atoms with Crippen LogP contribution in [0.4, 0.5) is 0 Å². The van der Waals surface area contributed by atoms with Gasteiger partial charge in [0.25, 0.3) is 0 Å². The predicted molar refractivity (Wildman–Crippen MR) is 74.3 cm³/mol. The van der Waals surface area contributed by atoms with E-state index < -0.39 is 5.97 Å². The lowest BCUT2D eigenvalue weighted by Crippen LogP contribution is -2.06. The Balaban J connectivity index is 2.19. The van der Waals surface area contributed by atoms with Crippen molar-refractivity contribution in [3.63, 3.8) is 0 Å². The molecule has 0 aliphatic heterocycles. The van der Waals surface area contributed by atoms with E-state index in [1.807, 2.05) is 38.1 Å². The number of nitrogens with one attached hydrogen (secondary N) is 1. The van der Waals surface area contributed by atoms with E-state index in [0.29, 0.717) is 5.95 Å². The minimum Gasteiger partial charge on any atom is -0.476 e. The molecule has 0 amide bonds. The lowest BCUT2D eigenvalue weighted by atomic mass is 10.1. The van der Waals surface area contributed by atoms with Gasteiger partial charge in [0.15, 0.2) is 5.69 Å². The summed E-state index contributed by atoms with van der Waals surface area (Å²) in [6.07, 6.45) is 0. The average Bonchev–Trinajstić information content (AvgIpc) is 3.02. The van der Waals surface area contributed by atoms with Gasteiger partial charge in [-0.1, -0.05) is 26.0 Å². The van der Waals surface area contributed by atoms with Crippen molar-refractivity contribution in [1.29, 1.82) is 0 Å². The molecule has 6 nitrogen and oxygen atoms in total. The smallest absolute Gasteiger partial charge is 0.356 e. The highest BCUT2D eigenvalue weighted by atomic mass is 16.4. The Hall–Kier alpha value is -2.63. The van der Waals surface area contributed by atoms with Gasteiger partial charge in [-0.15, -0.1) is 0 Å². The molecule has 0 radical (unpaired) electrons. The highest BCUT2D eigenvalue weighted by Gasteiger charge is 2.18. The van der Waals surface area contributed by atoms with Crippen molar-refractivity contribution in [3.05, 3.63) is 41.7 Å². The lowest BCUT2D eigenvalue weighted by molar-refractivity contribution is 0.0690. The zero-order chi connectivity index (χ0) is 14.3. The van der Waals surface area contributed by atoms with Gasteiger partial charge >= 0.3 is 5.97 Å². The number of aromatic carboxylic acids is 1. The van der Waals surface area contributed by atoms with Gasteiger partial charge < -0.3 is 10.1 Å². The molecule has 0 unspecified atom stereocenters. The number of hydrogen-bond acceptors (Lipinski definition) is 3. The molecule has 20 heavy (non-hydrogen) atoms. The number of carbonyl (C=O) groups is 1. The summed E-state index contributed by atoms with van der Waals surface area (Å²) in [6, 6.07) is 9.22. The number of carboxylic acids is 1. The van der Waals surface area contributed by atoms with Crippen molar-refractivity contribution in [2.24, 2.45) is 0 Å². The highest BCUT2D eigenvalue weighted by Crippen LogP contribution is 2.21. The molecule has 1 aromatic carbocycles. The molecular formula is C14H14N4O2. The average molecular weight is 270 g/mol. The van der Waals surface area contributed by atoms with Crippen molar-refractivity contribution >= 4 is 17.0 Å². The second-order valence-corrected chi connectivity index (χ2v) is 4.90. The quantitative estimate of drug-likeness (QED) is 0.766.